The summed E-state index contributed by atoms with van der Waals surface area (Å²) in [6.07, 6.45) is 2.09. The lowest BCUT2D eigenvalue weighted by Gasteiger charge is -2.28. The number of amides is 1. The largest absolute Gasteiger partial charge is 0.481 e. The van der Waals surface area contributed by atoms with Crippen molar-refractivity contribution in [2.45, 2.75) is 20.3 Å². The van der Waals surface area contributed by atoms with Crippen LogP contribution in [0.2, 0.25) is 5.02 Å². The fraction of sp³-hybridized carbons (Fsp3) is 0.389. The van der Waals surface area contributed by atoms with Crippen molar-refractivity contribution in [3.8, 4) is 0 Å². The van der Waals surface area contributed by atoms with Crippen LogP contribution in [0.15, 0.2) is 30.5 Å². The van der Waals surface area contributed by atoms with E-state index < -0.39 is 11.4 Å². The third-order valence-electron chi connectivity index (χ3n) is 5.02. The van der Waals surface area contributed by atoms with Crippen LogP contribution >= 0.6 is 11.6 Å². The van der Waals surface area contributed by atoms with Gasteiger partial charge in [0.1, 0.15) is 0 Å². The Kier molecular flexibility index (Phi) is 4.22. The van der Waals surface area contributed by atoms with E-state index in [1.807, 2.05) is 19.9 Å². The van der Waals surface area contributed by atoms with Crippen molar-refractivity contribution in [3.63, 3.8) is 0 Å². The molecule has 1 saturated heterocycles. The molecule has 5 nitrogen and oxygen atoms in total. The van der Waals surface area contributed by atoms with Crippen LogP contribution in [-0.4, -0.2) is 40.0 Å². The lowest BCUT2D eigenvalue weighted by molar-refractivity contribution is -0.150. The zero-order valence-corrected chi connectivity index (χ0v) is 14.4. The first-order valence-corrected chi connectivity index (χ1v) is 8.30. The minimum atomic E-state index is -0.891. The number of aromatic nitrogens is 1. The Balaban J connectivity index is 1.98. The average Bonchev–Trinajstić information content (AvgIpc) is 3.00. The van der Waals surface area contributed by atoms with Crippen LogP contribution in [0.1, 0.15) is 30.6 Å². The Morgan fingerprint density at radius 1 is 1.38 bits per heavy atom. The summed E-state index contributed by atoms with van der Waals surface area (Å²) in [5, 5.41) is 10.9. The molecule has 1 fully saturated rings. The average molecular weight is 347 g/mol. The fourth-order valence-corrected chi connectivity index (χ4v) is 3.62. The number of carbonyl (C=O) groups excluding carboxylic acids is 1. The minimum absolute atomic E-state index is 0.0537. The summed E-state index contributed by atoms with van der Waals surface area (Å²) in [7, 11) is 0. The van der Waals surface area contributed by atoms with Gasteiger partial charge in [0.15, 0.2) is 0 Å². The number of likely N-dealkylation sites (tertiary alicyclic amines) is 1. The zero-order chi connectivity index (χ0) is 17.5. The first-order valence-electron chi connectivity index (χ1n) is 7.92. The molecule has 1 amide bonds. The van der Waals surface area contributed by atoms with Gasteiger partial charge in [0, 0.05) is 29.7 Å². The van der Waals surface area contributed by atoms with Crippen molar-refractivity contribution in [2.75, 3.05) is 13.1 Å². The van der Waals surface area contributed by atoms with Gasteiger partial charge in [0.2, 0.25) is 0 Å². The Labute approximate surface area is 145 Å². The highest BCUT2D eigenvalue weighted by Gasteiger charge is 2.48. The molecule has 126 valence electrons. The number of hydrogen-bond acceptors (Lipinski definition) is 3. The van der Waals surface area contributed by atoms with E-state index in [9.17, 15) is 14.7 Å². The fourth-order valence-electron chi connectivity index (χ4n) is 3.39. The van der Waals surface area contributed by atoms with E-state index >= 15 is 0 Å². The quantitative estimate of drug-likeness (QED) is 0.923. The van der Waals surface area contributed by atoms with Crippen LogP contribution in [0, 0.1) is 11.3 Å². The van der Waals surface area contributed by atoms with E-state index in [0.29, 0.717) is 29.1 Å². The molecule has 2 aromatic rings. The molecular formula is C18H19ClN2O3. The van der Waals surface area contributed by atoms with Crippen molar-refractivity contribution in [1.82, 2.24) is 9.88 Å². The molecule has 24 heavy (non-hydrogen) atoms. The molecule has 1 N–H and O–H groups in total. The number of carboxylic acid groups (broad SMARTS) is 1. The molecule has 1 aromatic carbocycles. The van der Waals surface area contributed by atoms with Gasteiger partial charge in [-0.15, -0.1) is 0 Å². The smallest absolute Gasteiger partial charge is 0.311 e. The number of fused-ring (bicyclic) bond motifs is 1. The van der Waals surface area contributed by atoms with Crippen molar-refractivity contribution >= 4 is 34.4 Å². The van der Waals surface area contributed by atoms with Gasteiger partial charge in [0.05, 0.1) is 16.5 Å². The number of aliphatic carboxylic acids is 1. The molecule has 0 radical (unpaired) electrons. The molecule has 0 saturated carbocycles. The van der Waals surface area contributed by atoms with Gasteiger partial charge in [-0.1, -0.05) is 31.5 Å². The second-order valence-corrected chi connectivity index (χ2v) is 7.06. The summed E-state index contributed by atoms with van der Waals surface area (Å²) >= 11 is 6.14. The topological polar surface area (TPSA) is 70.5 Å². The molecule has 1 aromatic heterocycles. The van der Waals surface area contributed by atoms with Gasteiger partial charge in [-0.05, 0) is 30.5 Å². The van der Waals surface area contributed by atoms with Crippen LogP contribution < -0.4 is 0 Å². The van der Waals surface area contributed by atoms with Crippen LogP contribution in [0.25, 0.3) is 10.9 Å². The van der Waals surface area contributed by atoms with E-state index in [4.69, 9.17) is 11.6 Å². The van der Waals surface area contributed by atoms with E-state index in [1.54, 1.807) is 29.3 Å². The Morgan fingerprint density at radius 3 is 2.75 bits per heavy atom. The van der Waals surface area contributed by atoms with Gasteiger partial charge in [-0.3, -0.25) is 14.6 Å². The van der Waals surface area contributed by atoms with E-state index in [-0.39, 0.29) is 18.4 Å². The van der Waals surface area contributed by atoms with Crippen LogP contribution in [0.3, 0.4) is 0 Å². The zero-order valence-electron chi connectivity index (χ0n) is 13.6. The Hall–Kier alpha value is -2.14. The summed E-state index contributed by atoms with van der Waals surface area (Å²) in [5.41, 5.74) is 0.115. The van der Waals surface area contributed by atoms with E-state index in [2.05, 4.69) is 4.98 Å². The molecule has 1 atom stereocenters. The Morgan fingerprint density at radius 2 is 2.12 bits per heavy atom. The normalized spacial score (nSPS) is 20.8. The highest BCUT2D eigenvalue weighted by Crippen LogP contribution is 2.39. The van der Waals surface area contributed by atoms with Crippen molar-refractivity contribution in [2.24, 2.45) is 11.3 Å². The summed E-state index contributed by atoms with van der Waals surface area (Å²) < 4.78 is 0. The second-order valence-electron chi connectivity index (χ2n) is 6.62. The molecule has 1 aliphatic rings. The maximum atomic E-state index is 13.0. The lowest BCUT2D eigenvalue weighted by atomic mass is 9.76. The Bertz CT molecular complexity index is 821. The summed E-state index contributed by atoms with van der Waals surface area (Å²) in [4.78, 5) is 30.6. The summed E-state index contributed by atoms with van der Waals surface area (Å²) in [5.74, 6) is -1.12. The number of hydrogen-bond donors (Lipinski definition) is 1. The van der Waals surface area contributed by atoms with Gasteiger partial charge >= 0.3 is 5.97 Å². The molecule has 2 heterocycles. The molecule has 3 rings (SSSR count). The van der Waals surface area contributed by atoms with Gasteiger partial charge < -0.3 is 10.0 Å². The van der Waals surface area contributed by atoms with Crippen LogP contribution in [0.4, 0.5) is 0 Å². The number of nitrogens with zero attached hydrogens (tertiary/aromatic N) is 2. The van der Waals surface area contributed by atoms with Gasteiger partial charge in [0.25, 0.3) is 5.91 Å². The van der Waals surface area contributed by atoms with Crippen molar-refractivity contribution in [3.05, 3.63) is 41.0 Å². The van der Waals surface area contributed by atoms with Crippen molar-refractivity contribution in [1.29, 1.82) is 0 Å². The first-order chi connectivity index (χ1) is 11.3. The molecule has 0 spiro atoms. The minimum Gasteiger partial charge on any atom is -0.481 e. The van der Waals surface area contributed by atoms with Crippen LogP contribution in [0.5, 0.6) is 0 Å². The summed E-state index contributed by atoms with van der Waals surface area (Å²) in [6, 6.07) is 7.01. The number of carbonyl (C=O) groups is 2. The predicted molar refractivity (Wildman–Crippen MR) is 92.2 cm³/mol. The molecular weight excluding hydrogens is 328 g/mol. The summed E-state index contributed by atoms with van der Waals surface area (Å²) in [6.45, 7) is 4.40. The number of pyridine rings is 1. The molecule has 6 heteroatoms. The number of carboxylic acids is 1. The highest BCUT2D eigenvalue weighted by atomic mass is 35.5. The van der Waals surface area contributed by atoms with E-state index in [1.165, 1.54) is 0 Å². The van der Waals surface area contributed by atoms with Crippen LogP contribution in [-0.2, 0) is 4.79 Å². The maximum Gasteiger partial charge on any atom is 0.311 e. The van der Waals surface area contributed by atoms with Crippen molar-refractivity contribution < 1.29 is 14.7 Å². The molecule has 1 unspecified atom stereocenters. The lowest BCUT2D eigenvalue weighted by Crippen LogP contribution is -2.40. The third kappa shape index (κ3) is 2.63. The standard InChI is InChI=1S/C18H19ClN2O3/c1-11(2)18(17(23)24)5-7-21(10-18)16(22)14-9-13(19)8-12-4-3-6-20-15(12)14/h3-4,6,8-9,11H,5,7,10H2,1-2H3,(H,23,24). The van der Waals surface area contributed by atoms with Gasteiger partial charge in [-0.25, -0.2) is 0 Å². The predicted octanol–water partition coefficient (Wildman–Crippen LogP) is 3.46. The maximum absolute atomic E-state index is 13.0. The molecule has 1 aliphatic heterocycles. The second kappa shape index (κ2) is 6.06. The monoisotopic (exact) mass is 346 g/mol. The number of benzene rings is 1. The number of rotatable bonds is 3. The highest BCUT2D eigenvalue weighted by molar-refractivity contribution is 6.32. The SMILES string of the molecule is CC(C)C1(C(=O)O)CCN(C(=O)c2cc(Cl)cc3cccnc23)C1. The molecule has 0 bridgehead atoms. The van der Waals surface area contributed by atoms with E-state index in [0.717, 1.165) is 5.39 Å². The third-order valence-corrected chi connectivity index (χ3v) is 5.24. The first kappa shape index (κ1) is 16.7. The number of halogens is 1. The molecule has 0 aliphatic carbocycles. The van der Waals surface area contributed by atoms with Gasteiger partial charge in [-0.2, -0.15) is 0 Å².